The summed E-state index contributed by atoms with van der Waals surface area (Å²) in [6, 6.07) is 13.1. The van der Waals surface area contributed by atoms with Gasteiger partial charge in [0.1, 0.15) is 11.9 Å². The number of halogens is 3. The van der Waals surface area contributed by atoms with Crippen molar-refractivity contribution in [2.24, 2.45) is 0 Å². The lowest BCUT2D eigenvalue weighted by Gasteiger charge is -2.10. The molecule has 0 aliphatic carbocycles. The van der Waals surface area contributed by atoms with Crippen LogP contribution in [-0.2, 0) is 24.3 Å². The summed E-state index contributed by atoms with van der Waals surface area (Å²) in [5.74, 6) is 1.72. The topological polar surface area (TPSA) is 47.1 Å². The van der Waals surface area contributed by atoms with E-state index in [0.717, 1.165) is 36.5 Å². The molecule has 5 nitrogen and oxygen atoms in total. The number of para-hydroxylation sites is 2. The quantitative estimate of drug-likeness (QED) is 0.563. The fraction of sp³-hybridized carbons (Fsp3) is 0.273. The van der Waals surface area contributed by atoms with Crippen molar-refractivity contribution in [1.82, 2.24) is 4.57 Å². The van der Waals surface area contributed by atoms with Crippen LogP contribution in [0, 0.1) is 0 Å². The largest absolute Gasteiger partial charge is 1.00 e. The molecule has 1 amide bonds. The molecule has 0 bridgehead atoms. The lowest BCUT2D eigenvalue weighted by atomic mass is 10.1. The number of carbonyl (C=O) groups excluding carboxylic acids is 1. The minimum absolute atomic E-state index is 0. The van der Waals surface area contributed by atoms with Crippen molar-refractivity contribution in [1.29, 1.82) is 0 Å². The van der Waals surface area contributed by atoms with Crippen LogP contribution >= 0.6 is 23.2 Å². The summed E-state index contributed by atoms with van der Waals surface area (Å²) < 4.78 is 9.86. The molecule has 30 heavy (non-hydrogen) atoms. The first kappa shape index (κ1) is 22.5. The number of nitrogens with zero attached hydrogens (tertiary/aromatic N) is 2. The monoisotopic (exact) mass is 465 g/mol. The van der Waals surface area contributed by atoms with Crippen molar-refractivity contribution >= 4 is 34.8 Å². The molecule has 0 radical (unpaired) electrons. The van der Waals surface area contributed by atoms with Crippen LogP contribution in [0.15, 0.2) is 48.7 Å². The van der Waals surface area contributed by atoms with E-state index in [-0.39, 0.29) is 24.9 Å². The molecule has 158 valence electrons. The number of aromatic nitrogens is 2. The van der Waals surface area contributed by atoms with Gasteiger partial charge < -0.3 is 22.5 Å². The zero-order chi connectivity index (χ0) is 20.4. The summed E-state index contributed by atoms with van der Waals surface area (Å²) in [7, 11) is 0. The molecule has 8 heteroatoms. The summed E-state index contributed by atoms with van der Waals surface area (Å²) in [5, 5.41) is 4.02. The van der Waals surface area contributed by atoms with Gasteiger partial charge in [-0.25, -0.2) is 9.13 Å². The number of amides is 1. The number of carbonyl (C=O) groups is 1. The standard InChI is InChI=1S/C22H21Cl2N3O2.ClH/c1-2-29-20-7-4-3-6-18(20)25-21(28)14-26-13-19(27-11-5-8-22(26)27)15-9-10-16(23)17(24)12-15;/h3-4,6-7,9-10,12-13H,2,5,8,11,14H2,1H3;1H. The SMILES string of the molecule is CCOc1ccccc1NC(=O)C[n+]1cc(-c2ccc(Cl)c(Cl)c2)n2c1CCC2.[Cl-]. The van der Waals surface area contributed by atoms with E-state index in [1.807, 2.05) is 54.1 Å². The van der Waals surface area contributed by atoms with Crippen LogP contribution in [0.5, 0.6) is 5.75 Å². The number of imidazole rings is 1. The Hall–Kier alpha value is -2.21. The number of anilines is 1. The molecule has 1 aliphatic rings. The van der Waals surface area contributed by atoms with E-state index in [1.54, 1.807) is 6.07 Å². The van der Waals surface area contributed by atoms with E-state index < -0.39 is 0 Å². The first-order chi connectivity index (χ1) is 14.1. The normalized spacial score (nSPS) is 12.2. The van der Waals surface area contributed by atoms with Gasteiger partial charge in [0.05, 0.1) is 35.3 Å². The van der Waals surface area contributed by atoms with Gasteiger partial charge in [0.25, 0.3) is 11.7 Å². The van der Waals surface area contributed by atoms with Crippen LogP contribution in [0.3, 0.4) is 0 Å². The summed E-state index contributed by atoms with van der Waals surface area (Å²) in [6.45, 7) is 3.62. The van der Waals surface area contributed by atoms with Crippen LogP contribution in [-0.4, -0.2) is 17.1 Å². The lowest BCUT2D eigenvalue weighted by Crippen LogP contribution is -3.00. The van der Waals surface area contributed by atoms with Gasteiger partial charge in [-0.3, -0.25) is 4.79 Å². The van der Waals surface area contributed by atoms with Gasteiger partial charge in [0.15, 0.2) is 12.2 Å². The molecule has 1 aromatic heterocycles. The van der Waals surface area contributed by atoms with Gasteiger partial charge in [0.2, 0.25) is 0 Å². The van der Waals surface area contributed by atoms with Gasteiger partial charge in [-0.2, -0.15) is 0 Å². The Labute approximate surface area is 192 Å². The Morgan fingerprint density at radius 1 is 1.20 bits per heavy atom. The fourth-order valence-electron chi connectivity index (χ4n) is 3.73. The predicted molar refractivity (Wildman–Crippen MR) is 115 cm³/mol. The first-order valence-electron chi connectivity index (χ1n) is 9.65. The molecule has 0 unspecified atom stereocenters. The number of rotatable bonds is 6. The third-order valence-corrected chi connectivity index (χ3v) is 5.72. The Balaban J connectivity index is 0.00000256. The zero-order valence-electron chi connectivity index (χ0n) is 16.5. The van der Waals surface area contributed by atoms with Gasteiger partial charge in [-0.05, 0) is 43.7 Å². The molecule has 1 N–H and O–H groups in total. The Morgan fingerprint density at radius 3 is 2.77 bits per heavy atom. The number of ether oxygens (including phenoxy) is 1. The summed E-state index contributed by atoms with van der Waals surface area (Å²) in [4.78, 5) is 12.7. The maximum Gasteiger partial charge on any atom is 0.266 e. The second-order valence-electron chi connectivity index (χ2n) is 6.92. The van der Waals surface area contributed by atoms with Gasteiger partial charge in [0, 0.05) is 5.56 Å². The van der Waals surface area contributed by atoms with Crippen LogP contribution in [0.1, 0.15) is 19.2 Å². The van der Waals surface area contributed by atoms with Crippen molar-refractivity contribution in [3.63, 3.8) is 0 Å². The van der Waals surface area contributed by atoms with Crippen molar-refractivity contribution in [2.45, 2.75) is 32.9 Å². The maximum absolute atomic E-state index is 12.7. The Morgan fingerprint density at radius 2 is 2.00 bits per heavy atom. The Bertz CT molecular complexity index is 1070. The number of hydrogen-bond acceptors (Lipinski definition) is 2. The summed E-state index contributed by atoms with van der Waals surface area (Å²) in [5.41, 5.74) is 2.71. The molecule has 0 saturated carbocycles. The average molecular weight is 467 g/mol. The van der Waals surface area contributed by atoms with Gasteiger partial charge >= 0.3 is 0 Å². The smallest absolute Gasteiger partial charge is 0.266 e. The number of benzene rings is 2. The van der Waals surface area contributed by atoms with Gasteiger partial charge in [-0.1, -0.05) is 35.3 Å². The van der Waals surface area contributed by atoms with E-state index in [1.165, 1.54) is 0 Å². The highest BCUT2D eigenvalue weighted by Crippen LogP contribution is 2.30. The van der Waals surface area contributed by atoms with Crippen molar-refractivity contribution in [2.75, 3.05) is 11.9 Å². The zero-order valence-corrected chi connectivity index (χ0v) is 18.8. The molecule has 2 heterocycles. The van der Waals surface area contributed by atoms with Crippen LogP contribution in [0.4, 0.5) is 5.69 Å². The van der Waals surface area contributed by atoms with Gasteiger partial charge in [-0.15, -0.1) is 0 Å². The maximum atomic E-state index is 12.7. The molecule has 0 fully saturated rings. The number of nitrogens with one attached hydrogen (secondary N) is 1. The molecule has 0 spiro atoms. The molecule has 3 aromatic rings. The van der Waals surface area contributed by atoms with E-state index in [9.17, 15) is 4.79 Å². The molecular formula is C22H22Cl3N3O2. The van der Waals surface area contributed by atoms with Crippen LogP contribution < -0.4 is 27.0 Å². The molecule has 2 aromatic carbocycles. The highest BCUT2D eigenvalue weighted by molar-refractivity contribution is 6.42. The highest BCUT2D eigenvalue weighted by Gasteiger charge is 2.30. The highest BCUT2D eigenvalue weighted by atomic mass is 35.5. The third-order valence-electron chi connectivity index (χ3n) is 4.98. The lowest BCUT2D eigenvalue weighted by molar-refractivity contribution is -0.690. The molecule has 1 aliphatic heterocycles. The van der Waals surface area contributed by atoms with E-state index in [4.69, 9.17) is 27.9 Å². The van der Waals surface area contributed by atoms with Crippen LogP contribution in [0.2, 0.25) is 10.0 Å². The number of hydrogen-bond donors (Lipinski definition) is 1. The second kappa shape index (κ2) is 9.73. The van der Waals surface area contributed by atoms with Crippen molar-refractivity contribution in [3.8, 4) is 17.0 Å². The molecule has 0 saturated heterocycles. The summed E-state index contributed by atoms with van der Waals surface area (Å²) >= 11 is 12.3. The number of fused-ring (bicyclic) bond motifs is 1. The van der Waals surface area contributed by atoms with E-state index in [2.05, 4.69) is 9.88 Å². The summed E-state index contributed by atoms with van der Waals surface area (Å²) in [6.07, 6.45) is 4.01. The molecule has 4 rings (SSSR count). The Kier molecular flexibility index (Phi) is 7.29. The van der Waals surface area contributed by atoms with Crippen molar-refractivity contribution in [3.05, 3.63) is 64.5 Å². The third kappa shape index (κ3) is 4.59. The minimum atomic E-state index is -0.0943. The van der Waals surface area contributed by atoms with E-state index >= 15 is 0 Å². The van der Waals surface area contributed by atoms with E-state index in [0.29, 0.717) is 28.1 Å². The first-order valence-corrected chi connectivity index (χ1v) is 10.4. The minimum Gasteiger partial charge on any atom is -1.00 e. The molecular weight excluding hydrogens is 445 g/mol. The predicted octanol–water partition coefficient (Wildman–Crippen LogP) is 1.74. The average Bonchev–Trinajstić information content (AvgIpc) is 3.30. The van der Waals surface area contributed by atoms with Crippen LogP contribution in [0.25, 0.3) is 11.3 Å². The van der Waals surface area contributed by atoms with Crippen molar-refractivity contribution < 1.29 is 26.5 Å². The fourth-order valence-corrected chi connectivity index (χ4v) is 4.03. The second-order valence-corrected chi connectivity index (χ2v) is 7.73. The molecule has 0 atom stereocenters.